The second-order valence-corrected chi connectivity index (χ2v) is 5.61. The van der Waals surface area contributed by atoms with Crippen LogP contribution in [0.4, 0.5) is 0 Å². The number of likely N-dealkylation sites (tertiary alicyclic amines) is 1. The number of aliphatic hydroxyl groups is 1. The zero-order chi connectivity index (χ0) is 13.5. The smallest absolute Gasteiger partial charge is 0.223 e. The molecule has 100 valence electrons. The summed E-state index contributed by atoms with van der Waals surface area (Å²) < 4.78 is 0. The van der Waals surface area contributed by atoms with Crippen molar-refractivity contribution < 1.29 is 9.90 Å². The molecule has 4 nitrogen and oxygen atoms in total. The van der Waals surface area contributed by atoms with Crippen molar-refractivity contribution in [1.29, 1.82) is 0 Å². The van der Waals surface area contributed by atoms with E-state index in [4.69, 9.17) is 0 Å². The molecule has 2 heterocycles. The minimum atomic E-state index is -0.684. The number of H-pyrrole nitrogens is 1. The van der Waals surface area contributed by atoms with Gasteiger partial charge >= 0.3 is 0 Å². The third-order valence-electron chi connectivity index (χ3n) is 3.70. The molecule has 1 aliphatic rings. The Bertz CT molecular complexity index is 607. The summed E-state index contributed by atoms with van der Waals surface area (Å²) in [5.74, 6) is 0.122. The van der Waals surface area contributed by atoms with Crippen molar-refractivity contribution in [1.82, 2.24) is 9.88 Å². The van der Waals surface area contributed by atoms with E-state index in [0.29, 0.717) is 19.5 Å². The second-order valence-electron chi connectivity index (χ2n) is 5.61. The lowest BCUT2D eigenvalue weighted by Gasteiger charge is -2.44. The van der Waals surface area contributed by atoms with Crippen LogP contribution in [0.1, 0.15) is 18.9 Å². The molecule has 3 rings (SSSR count). The standard InChI is InChI=1S/C15H18N2O2/c1-15(19)9-17(10-15)14(18)7-6-11-8-16-13-5-3-2-4-12(11)13/h2-5,8,16,19H,6-7,9-10H2,1H3. The Kier molecular flexibility index (Phi) is 2.82. The van der Waals surface area contributed by atoms with E-state index >= 15 is 0 Å². The van der Waals surface area contributed by atoms with Gasteiger partial charge in [0, 0.05) is 23.5 Å². The maximum absolute atomic E-state index is 11.9. The molecule has 1 amide bonds. The number of aromatic amines is 1. The molecule has 1 fully saturated rings. The van der Waals surface area contributed by atoms with Crippen molar-refractivity contribution >= 4 is 16.8 Å². The molecule has 0 atom stereocenters. The maximum atomic E-state index is 11.9. The molecule has 0 radical (unpaired) electrons. The number of benzene rings is 1. The number of amides is 1. The lowest BCUT2D eigenvalue weighted by atomic mass is 9.96. The predicted octanol–water partition coefficient (Wildman–Crippen LogP) is 1.69. The summed E-state index contributed by atoms with van der Waals surface area (Å²) in [5.41, 5.74) is 1.60. The Hall–Kier alpha value is -1.81. The first-order chi connectivity index (χ1) is 9.05. The zero-order valence-corrected chi connectivity index (χ0v) is 11.0. The van der Waals surface area contributed by atoms with Crippen LogP contribution in [0.15, 0.2) is 30.5 Å². The summed E-state index contributed by atoms with van der Waals surface area (Å²) in [7, 11) is 0. The van der Waals surface area contributed by atoms with Gasteiger partial charge in [0.05, 0.1) is 18.7 Å². The number of hydrogen-bond donors (Lipinski definition) is 2. The monoisotopic (exact) mass is 258 g/mol. The molecule has 0 bridgehead atoms. The number of β-amino-alcohol motifs (C(OH)–C–C–N with tert-alkyl or cyclic N) is 1. The van der Waals surface area contributed by atoms with Gasteiger partial charge in [-0.3, -0.25) is 4.79 Å². The number of aryl methyl sites for hydroxylation is 1. The first-order valence-electron chi connectivity index (χ1n) is 6.60. The zero-order valence-electron chi connectivity index (χ0n) is 11.0. The van der Waals surface area contributed by atoms with Gasteiger partial charge < -0.3 is 15.0 Å². The molecular weight excluding hydrogens is 240 g/mol. The third-order valence-corrected chi connectivity index (χ3v) is 3.70. The molecule has 0 aliphatic carbocycles. The average Bonchev–Trinajstić information content (AvgIpc) is 2.76. The Balaban J connectivity index is 1.62. The topological polar surface area (TPSA) is 56.3 Å². The first-order valence-corrected chi connectivity index (χ1v) is 6.60. The number of carbonyl (C=O) groups is 1. The van der Waals surface area contributed by atoms with Gasteiger partial charge in [-0.2, -0.15) is 0 Å². The van der Waals surface area contributed by atoms with Crippen LogP contribution in [0, 0.1) is 0 Å². The minimum Gasteiger partial charge on any atom is -0.386 e. The van der Waals surface area contributed by atoms with Crippen molar-refractivity contribution in [3.63, 3.8) is 0 Å². The highest BCUT2D eigenvalue weighted by Crippen LogP contribution is 2.23. The number of carbonyl (C=O) groups excluding carboxylic acids is 1. The molecule has 2 aromatic rings. The quantitative estimate of drug-likeness (QED) is 0.880. The summed E-state index contributed by atoms with van der Waals surface area (Å²) in [6.07, 6.45) is 3.21. The number of fused-ring (bicyclic) bond motifs is 1. The Morgan fingerprint density at radius 3 is 2.89 bits per heavy atom. The first kappa shape index (κ1) is 12.2. The van der Waals surface area contributed by atoms with E-state index in [1.54, 1.807) is 11.8 Å². The molecule has 2 N–H and O–H groups in total. The number of rotatable bonds is 3. The van der Waals surface area contributed by atoms with Crippen LogP contribution in [0.3, 0.4) is 0 Å². The number of para-hydroxylation sites is 1. The molecule has 19 heavy (non-hydrogen) atoms. The van der Waals surface area contributed by atoms with Gasteiger partial charge in [-0.05, 0) is 25.0 Å². The van der Waals surface area contributed by atoms with Crippen LogP contribution in [0.25, 0.3) is 10.9 Å². The maximum Gasteiger partial charge on any atom is 0.223 e. The van der Waals surface area contributed by atoms with Gasteiger partial charge in [-0.25, -0.2) is 0 Å². The van der Waals surface area contributed by atoms with Crippen molar-refractivity contribution in [2.75, 3.05) is 13.1 Å². The van der Waals surface area contributed by atoms with Crippen molar-refractivity contribution in [2.24, 2.45) is 0 Å². The largest absolute Gasteiger partial charge is 0.386 e. The summed E-state index contributed by atoms with van der Waals surface area (Å²) in [4.78, 5) is 16.9. The molecule has 1 aliphatic heterocycles. The molecule has 0 spiro atoms. The summed E-state index contributed by atoms with van der Waals surface area (Å²) in [5, 5.41) is 10.8. The van der Waals surface area contributed by atoms with Gasteiger partial charge in [0.2, 0.25) is 5.91 Å². The highest BCUT2D eigenvalue weighted by molar-refractivity contribution is 5.84. The molecule has 0 unspecified atom stereocenters. The predicted molar refractivity (Wildman–Crippen MR) is 73.8 cm³/mol. The molecule has 1 aromatic heterocycles. The SMILES string of the molecule is CC1(O)CN(C(=O)CCc2c[nH]c3ccccc23)C1. The highest BCUT2D eigenvalue weighted by Gasteiger charge is 2.38. The Morgan fingerprint density at radius 1 is 1.42 bits per heavy atom. The fraction of sp³-hybridized carbons (Fsp3) is 0.400. The van der Waals surface area contributed by atoms with E-state index in [-0.39, 0.29) is 5.91 Å². The van der Waals surface area contributed by atoms with Crippen LogP contribution < -0.4 is 0 Å². The van der Waals surface area contributed by atoms with E-state index in [1.807, 2.05) is 24.4 Å². The second kappa shape index (κ2) is 4.38. The lowest BCUT2D eigenvalue weighted by Crippen LogP contribution is -2.61. The number of nitrogens with one attached hydrogen (secondary N) is 1. The van der Waals surface area contributed by atoms with Crippen LogP contribution in [-0.2, 0) is 11.2 Å². The summed E-state index contributed by atoms with van der Waals surface area (Å²) in [6, 6.07) is 8.11. The van der Waals surface area contributed by atoms with Gasteiger partial charge in [0.1, 0.15) is 0 Å². The fourth-order valence-electron chi connectivity index (χ4n) is 2.69. The minimum absolute atomic E-state index is 0.122. The molecule has 1 aromatic carbocycles. The van der Waals surface area contributed by atoms with Crippen LogP contribution in [-0.4, -0.2) is 39.6 Å². The van der Waals surface area contributed by atoms with E-state index in [0.717, 1.165) is 11.9 Å². The molecule has 4 heteroatoms. The van der Waals surface area contributed by atoms with Gasteiger partial charge in [-0.15, -0.1) is 0 Å². The van der Waals surface area contributed by atoms with Crippen molar-refractivity contribution in [3.8, 4) is 0 Å². The Morgan fingerprint density at radius 2 is 2.16 bits per heavy atom. The van der Waals surface area contributed by atoms with E-state index in [2.05, 4.69) is 11.1 Å². The normalized spacial score (nSPS) is 17.5. The number of aromatic nitrogens is 1. The van der Waals surface area contributed by atoms with Crippen LogP contribution >= 0.6 is 0 Å². The van der Waals surface area contributed by atoms with Crippen LogP contribution in [0.5, 0.6) is 0 Å². The van der Waals surface area contributed by atoms with E-state index in [9.17, 15) is 9.90 Å². The van der Waals surface area contributed by atoms with Crippen LogP contribution in [0.2, 0.25) is 0 Å². The van der Waals surface area contributed by atoms with Crippen molar-refractivity contribution in [3.05, 3.63) is 36.0 Å². The molecule has 1 saturated heterocycles. The summed E-state index contributed by atoms with van der Waals surface area (Å²) >= 11 is 0. The van der Waals surface area contributed by atoms with Crippen molar-refractivity contribution in [2.45, 2.75) is 25.4 Å². The van der Waals surface area contributed by atoms with E-state index in [1.165, 1.54) is 10.9 Å². The molecular formula is C15H18N2O2. The molecule has 0 saturated carbocycles. The summed E-state index contributed by atoms with van der Waals surface area (Å²) in [6.45, 7) is 2.68. The number of hydrogen-bond acceptors (Lipinski definition) is 2. The average molecular weight is 258 g/mol. The Labute approximate surface area is 112 Å². The van der Waals surface area contributed by atoms with Gasteiger partial charge in [0.15, 0.2) is 0 Å². The van der Waals surface area contributed by atoms with Gasteiger partial charge in [0.25, 0.3) is 0 Å². The van der Waals surface area contributed by atoms with Gasteiger partial charge in [-0.1, -0.05) is 18.2 Å². The fourth-order valence-corrected chi connectivity index (χ4v) is 2.69. The number of nitrogens with zero attached hydrogens (tertiary/aromatic N) is 1. The highest BCUT2D eigenvalue weighted by atomic mass is 16.3. The lowest BCUT2D eigenvalue weighted by molar-refractivity contribution is -0.152. The third kappa shape index (κ3) is 2.36. The van der Waals surface area contributed by atoms with E-state index < -0.39 is 5.60 Å².